The molecular formula is C9H11FOS. The van der Waals surface area contributed by atoms with E-state index in [0.29, 0.717) is 5.75 Å². The van der Waals surface area contributed by atoms with E-state index in [-0.39, 0.29) is 5.75 Å². The predicted molar refractivity (Wildman–Crippen MR) is 49.4 cm³/mol. The molecule has 0 spiro atoms. The number of thioether (sulfide) groups is 1. The second-order valence-corrected chi connectivity index (χ2v) is 3.62. The van der Waals surface area contributed by atoms with Crippen LogP contribution in [0.1, 0.15) is 6.92 Å². The van der Waals surface area contributed by atoms with Gasteiger partial charge in [0.15, 0.2) is 0 Å². The zero-order valence-electron chi connectivity index (χ0n) is 6.83. The average Bonchev–Trinajstić information content (AvgIpc) is 2.03. The third-order valence-corrected chi connectivity index (χ3v) is 2.62. The minimum atomic E-state index is -0.838. The topological polar surface area (TPSA) is 20.2 Å². The first-order valence-electron chi connectivity index (χ1n) is 3.75. The zero-order valence-corrected chi connectivity index (χ0v) is 7.64. The van der Waals surface area contributed by atoms with Gasteiger partial charge in [-0.05, 0) is 19.1 Å². The van der Waals surface area contributed by atoms with Crippen LogP contribution < -0.4 is 0 Å². The highest BCUT2D eigenvalue weighted by Gasteiger charge is 2.03. The van der Waals surface area contributed by atoms with Gasteiger partial charge < -0.3 is 5.11 Å². The molecule has 1 N–H and O–H groups in total. The second kappa shape index (κ2) is 4.36. The zero-order chi connectivity index (χ0) is 8.97. The molecule has 3 heteroatoms. The van der Waals surface area contributed by atoms with Crippen molar-refractivity contribution in [1.82, 2.24) is 0 Å². The maximum atomic E-state index is 12.4. The molecule has 0 radical (unpaired) electrons. The molecule has 0 bridgehead atoms. The number of hydrogen-bond acceptors (Lipinski definition) is 2. The molecule has 0 aliphatic carbocycles. The van der Waals surface area contributed by atoms with Gasteiger partial charge >= 0.3 is 0 Å². The maximum Gasteiger partial charge on any atom is 0.129 e. The largest absolute Gasteiger partial charge is 0.507 e. The van der Waals surface area contributed by atoms with Crippen LogP contribution in [0, 0.1) is 0 Å². The molecule has 1 aromatic rings. The summed E-state index contributed by atoms with van der Waals surface area (Å²) in [6, 6.07) is 6.96. The summed E-state index contributed by atoms with van der Waals surface area (Å²) >= 11 is 1.33. The van der Waals surface area contributed by atoms with Gasteiger partial charge in [-0.25, -0.2) is 4.39 Å². The molecule has 0 heterocycles. The molecule has 1 unspecified atom stereocenters. The first kappa shape index (κ1) is 9.39. The minimum absolute atomic E-state index is 0.225. The van der Waals surface area contributed by atoms with E-state index in [1.54, 1.807) is 18.2 Å². The van der Waals surface area contributed by atoms with E-state index in [2.05, 4.69) is 0 Å². The Hall–Kier alpha value is -0.700. The lowest BCUT2D eigenvalue weighted by molar-refractivity contribution is 0.397. The average molecular weight is 186 g/mol. The van der Waals surface area contributed by atoms with Gasteiger partial charge in [0.2, 0.25) is 0 Å². The fourth-order valence-corrected chi connectivity index (χ4v) is 1.58. The van der Waals surface area contributed by atoms with Gasteiger partial charge in [-0.15, -0.1) is 11.8 Å². The molecule has 0 amide bonds. The van der Waals surface area contributed by atoms with Crippen LogP contribution in [0.3, 0.4) is 0 Å². The van der Waals surface area contributed by atoms with E-state index < -0.39 is 6.17 Å². The van der Waals surface area contributed by atoms with Crippen molar-refractivity contribution in [2.45, 2.75) is 18.0 Å². The van der Waals surface area contributed by atoms with Crippen molar-refractivity contribution in [3.05, 3.63) is 24.3 Å². The summed E-state index contributed by atoms with van der Waals surface area (Å²) in [4.78, 5) is 0.738. The van der Waals surface area contributed by atoms with Crippen molar-refractivity contribution in [2.24, 2.45) is 0 Å². The van der Waals surface area contributed by atoms with Crippen molar-refractivity contribution in [1.29, 1.82) is 0 Å². The second-order valence-electron chi connectivity index (χ2n) is 2.56. The number of phenolic OH excluding ortho intramolecular Hbond substituents is 1. The first-order valence-corrected chi connectivity index (χ1v) is 4.73. The summed E-state index contributed by atoms with van der Waals surface area (Å²) in [5, 5.41) is 9.28. The Kier molecular flexibility index (Phi) is 3.41. The van der Waals surface area contributed by atoms with Crippen LogP contribution in [0.5, 0.6) is 5.75 Å². The maximum absolute atomic E-state index is 12.4. The van der Waals surface area contributed by atoms with Crippen molar-refractivity contribution in [3.8, 4) is 5.75 Å². The molecule has 0 aromatic heterocycles. The number of para-hydroxylation sites is 1. The van der Waals surface area contributed by atoms with E-state index in [9.17, 15) is 9.50 Å². The Morgan fingerprint density at radius 2 is 2.17 bits per heavy atom. The molecule has 66 valence electrons. The van der Waals surface area contributed by atoms with E-state index >= 15 is 0 Å². The smallest absolute Gasteiger partial charge is 0.129 e. The Labute approximate surface area is 75.6 Å². The Balaban J connectivity index is 2.57. The summed E-state index contributed by atoms with van der Waals surface area (Å²) in [6.07, 6.45) is -0.838. The third kappa shape index (κ3) is 2.74. The van der Waals surface area contributed by atoms with Crippen molar-refractivity contribution >= 4 is 11.8 Å². The van der Waals surface area contributed by atoms with Crippen molar-refractivity contribution < 1.29 is 9.50 Å². The number of hydrogen-bond donors (Lipinski definition) is 1. The molecule has 0 saturated carbocycles. The van der Waals surface area contributed by atoms with Gasteiger partial charge in [0.25, 0.3) is 0 Å². The van der Waals surface area contributed by atoms with Crippen LogP contribution in [-0.4, -0.2) is 17.0 Å². The number of alkyl halides is 1. The van der Waals surface area contributed by atoms with Crippen LogP contribution in [0.25, 0.3) is 0 Å². The van der Waals surface area contributed by atoms with Crippen LogP contribution >= 0.6 is 11.8 Å². The van der Waals surface area contributed by atoms with Crippen LogP contribution in [0.15, 0.2) is 29.2 Å². The molecule has 1 nitrogen and oxygen atoms in total. The molecule has 0 fully saturated rings. The highest BCUT2D eigenvalue weighted by Crippen LogP contribution is 2.28. The Morgan fingerprint density at radius 3 is 2.75 bits per heavy atom. The van der Waals surface area contributed by atoms with Gasteiger partial charge in [-0.3, -0.25) is 0 Å². The van der Waals surface area contributed by atoms with Crippen LogP contribution in [0.4, 0.5) is 4.39 Å². The quantitative estimate of drug-likeness (QED) is 0.732. The van der Waals surface area contributed by atoms with E-state index in [4.69, 9.17) is 0 Å². The van der Waals surface area contributed by atoms with Gasteiger partial charge in [0, 0.05) is 10.6 Å². The lowest BCUT2D eigenvalue weighted by Crippen LogP contribution is -1.95. The van der Waals surface area contributed by atoms with Crippen LogP contribution in [0.2, 0.25) is 0 Å². The number of aromatic hydroxyl groups is 1. The molecule has 0 saturated heterocycles. The van der Waals surface area contributed by atoms with Crippen LogP contribution in [-0.2, 0) is 0 Å². The number of halogens is 1. The Morgan fingerprint density at radius 1 is 1.50 bits per heavy atom. The fourth-order valence-electron chi connectivity index (χ4n) is 0.784. The summed E-state index contributed by atoms with van der Waals surface area (Å²) < 4.78 is 12.4. The first-order chi connectivity index (χ1) is 5.70. The number of benzene rings is 1. The molecule has 1 aromatic carbocycles. The van der Waals surface area contributed by atoms with E-state index in [1.165, 1.54) is 18.7 Å². The SMILES string of the molecule is CC(F)CSc1ccccc1O. The van der Waals surface area contributed by atoms with Gasteiger partial charge in [0.05, 0.1) is 0 Å². The standard InChI is InChI=1S/C9H11FOS/c1-7(10)6-12-9-5-3-2-4-8(9)11/h2-5,7,11H,6H2,1H3. The van der Waals surface area contributed by atoms with Gasteiger partial charge in [-0.2, -0.15) is 0 Å². The lowest BCUT2D eigenvalue weighted by atomic mass is 10.3. The van der Waals surface area contributed by atoms with Crippen molar-refractivity contribution in [2.75, 3.05) is 5.75 Å². The monoisotopic (exact) mass is 186 g/mol. The fraction of sp³-hybridized carbons (Fsp3) is 0.333. The van der Waals surface area contributed by atoms with E-state index in [1.807, 2.05) is 6.07 Å². The molecule has 0 aliphatic rings. The summed E-state index contributed by atoms with van der Waals surface area (Å²) in [5.74, 6) is 0.612. The lowest BCUT2D eigenvalue weighted by Gasteiger charge is -2.03. The van der Waals surface area contributed by atoms with E-state index in [0.717, 1.165) is 4.90 Å². The highest BCUT2D eigenvalue weighted by atomic mass is 32.2. The molecule has 12 heavy (non-hydrogen) atoms. The molecular weight excluding hydrogens is 175 g/mol. The highest BCUT2D eigenvalue weighted by molar-refractivity contribution is 7.99. The molecule has 1 rings (SSSR count). The van der Waals surface area contributed by atoms with Gasteiger partial charge in [-0.1, -0.05) is 12.1 Å². The molecule has 1 atom stereocenters. The van der Waals surface area contributed by atoms with Crippen molar-refractivity contribution in [3.63, 3.8) is 0 Å². The normalized spacial score (nSPS) is 12.8. The minimum Gasteiger partial charge on any atom is -0.507 e. The third-order valence-electron chi connectivity index (χ3n) is 1.33. The van der Waals surface area contributed by atoms with Gasteiger partial charge in [0.1, 0.15) is 11.9 Å². The number of rotatable bonds is 3. The Bertz CT molecular complexity index is 250. The summed E-state index contributed by atoms with van der Waals surface area (Å²) in [5.41, 5.74) is 0. The summed E-state index contributed by atoms with van der Waals surface area (Å²) in [7, 11) is 0. The number of phenols is 1. The predicted octanol–water partition coefficient (Wildman–Crippen LogP) is 2.84. The molecule has 0 aliphatic heterocycles. The summed E-state index contributed by atoms with van der Waals surface area (Å²) in [6.45, 7) is 1.51.